The van der Waals surface area contributed by atoms with Gasteiger partial charge >= 0.3 is 0 Å². The van der Waals surface area contributed by atoms with Gasteiger partial charge in [-0.05, 0) is 36.6 Å². The molecule has 148 valence electrons. The number of carbonyl (C=O) groups is 2. The zero-order valence-electron chi connectivity index (χ0n) is 15.7. The second kappa shape index (κ2) is 7.22. The van der Waals surface area contributed by atoms with Crippen LogP contribution in [0.15, 0.2) is 53.0 Å². The third-order valence-corrected chi connectivity index (χ3v) is 7.78. The van der Waals surface area contributed by atoms with Crippen molar-refractivity contribution in [1.29, 1.82) is 0 Å². The minimum atomic E-state index is -0.283. The number of hydrogen-bond acceptors (Lipinski definition) is 3. The molecule has 1 saturated carbocycles. The fraction of sp³-hybridized carbons (Fsp3) is 0.273. The van der Waals surface area contributed by atoms with Crippen LogP contribution in [0.2, 0.25) is 0 Å². The minimum Gasteiger partial charge on any atom is -0.350 e. The van der Waals surface area contributed by atoms with Crippen molar-refractivity contribution in [3.63, 3.8) is 0 Å². The largest absolute Gasteiger partial charge is 0.350 e. The van der Waals surface area contributed by atoms with E-state index in [9.17, 15) is 9.59 Å². The van der Waals surface area contributed by atoms with E-state index in [0.29, 0.717) is 11.4 Å². The maximum Gasteiger partial charge on any atom is 0.286 e. The van der Waals surface area contributed by atoms with E-state index in [4.69, 9.17) is 0 Å². The van der Waals surface area contributed by atoms with Gasteiger partial charge in [0.15, 0.2) is 0 Å². The number of carbonyl (C=O) groups excluding carboxylic acids is 2. The Labute approximate surface area is 181 Å². The molecule has 0 unspecified atom stereocenters. The van der Waals surface area contributed by atoms with Crippen LogP contribution in [0.5, 0.6) is 0 Å². The van der Waals surface area contributed by atoms with Gasteiger partial charge in [0.1, 0.15) is 10.6 Å². The molecular weight excluding hydrogens is 450 g/mol. The summed E-state index contributed by atoms with van der Waals surface area (Å²) < 4.78 is 0.948. The minimum absolute atomic E-state index is 0.0228. The molecule has 0 radical (unpaired) electrons. The quantitative estimate of drug-likeness (QED) is 0.561. The maximum absolute atomic E-state index is 13.4. The highest BCUT2D eigenvalue weighted by atomic mass is 79.9. The smallest absolute Gasteiger partial charge is 0.286 e. The fourth-order valence-corrected chi connectivity index (χ4v) is 6.14. The van der Waals surface area contributed by atoms with Gasteiger partial charge in [-0.25, -0.2) is 5.01 Å². The molecule has 0 bridgehead atoms. The SMILES string of the molecule is O=C(NN1C(=O)CSC12CCCC2)c1[nH]c2ccc(Br)cc2c1-c1ccccc1. The lowest BCUT2D eigenvalue weighted by Crippen LogP contribution is -2.53. The predicted octanol–water partition coefficient (Wildman–Crippen LogP) is 5.09. The normalized spacial score (nSPS) is 18.1. The van der Waals surface area contributed by atoms with E-state index >= 15 is 0 Å². The third-order valence-electron chi connectivity index (χ3n) is 5.77. The number of hydrogen-bond donors (Lipinski definition) is 2. The van der Waals surface area contributed by atoms with Crippen LogP contribution in [-0.4, -0.2) is 32.4 Å². The number of hydrazine groups is 1. The highest BCUT2D eigenvalue weighted by Gasteiger charge is 2.49. The number of thioether (sulfide) groups is 1. The number of benzene rings is 2. The molecule has 2 fully saturated rings. The van der Waals surface area contributed by atoms with Crippen molar-refractivity contribution in [2.75, 3.05) is 5.75 Å². The van der Waals surface area contributed by atoms with E-state index in [1.54, 1.807) is 16.8 Å². The highest BCUT2D eigenvalue weighted by Crippen LogP contribution is 2.47. The average molecular weight is 470 g/mol. The van der Waals surface area contributed by atoms with Crippen molar-refractivity contribution < 1.29 is 9.59 Å². The number of H-pyrrole nitrogens is 1. The van der Waals surface area contributed by atoms with E-state index in [1.807, 2.05) is 48.5 Å². The number of rotatable bonds is 3. The summed E-state index contributed by atoms with van der Waals surface area (Å²) in [4.78, 5) is 28.9. The van der Waals surface area contributed by atoms with Gasteiger partial charge < -0.3 is 4.98 Å². The second-order valence-corrected chi connectivity index (χ2v) is 9.80. The van der Waals surface area contributed by atoms with Crippen molar-refractivity contribution >= 4 is 50.4 Å². The van der Waals surface area contributed by atoms with Crippen molar-refractivity contribution in [3.05, 3.63) is 58.7 Å². The van der Waals surface area contributed by atoms with Crippen LogP contribution in [0.1, 0.15) is 36.2 Å². The molecule has 2 amide bonds. The van der Waals surface area contributed by atoms with Crippen molar-refractivity contribution in [2.45, 2.75) is 30.6 Å². The Balaban J connectivity index is 1.58. The first-order valence-electron chi connectivity index (χ1n) is 9.72. The van der Waals surface area contributed by atoms with Crippen LogP contribution in [0.3, 0.4) is 0 Å². The molecule has 5 nitrogen and oxygen atoms in total. The number of amides is 2. The predicted molar refractivity (Wildman–Crippen MR) is 119 cm³/mol. The van der Waals surface area contributed by atoms with E-state index in [-0.39, 0.29) is 16.7 Å². The molecule has 0 atom stereocenters. The van der Waals surface area contributed by atoms with Gasteiger partial charge in [-0.15, -0.1) is 11.8 Å². The number of nitrogens with zero attached hydrogens (tertiary/aromatic N) is 1. The summed E-state index contributed by atoms with van der Waals surface area (Å²) in [5, 5.41) is 2.57. The highest BCUT2D eigenvalue weighted by molar-refractivity contribution is 9.10. The second-order valence-electron chi connectivity index (χ2n) is 7.54. The van der Waals surface area contributed by atoms with Gasteiger partial charge in [-0.1, -0.05) is 59.1 Å². The summed E-state index contributed by atoms with van der Waals surface area (Å²) in [6.07, 6.45) is 4.02. The molecule has 2 N–H and O–H groups in total. The number of fused-ring (bicyclic) bond motifs is 1. The molecule has 2 aromatic carbocycles. The number of aromatic amines is 1. The van der Waals surface area contributed by atoms with Crippen molar-refractivity contribution in [1.82, 2.24) is 15.4 Å². The molecule has 1 spiro atoms. The maximum atomic E-state index is 13.4. The fourth-order valence-electron chi connectivity index (χ4n) is 4.41. The number of nitrogens with one attached hydrogen (secondary N) is 2. The molecule has 5 rings (SSSR count). The standard InChI is InChI=1S/C22H20BrN3O2S/c23-15-8-9-17-16(12-15)19(14-6-2-1-3-7-14)20(24-17)21(28)25-26-18(27)13-29-22(26)10-4-5-11-22/h1-3,6-9,12,24H,4-5,10-11,13H2,(H,25,28). The first kappa shape index (κ1) is 18.8. The van der Waals surface area contributed by atoms with Gasteiger partial charge in [0.25, 0.3) is 11.8 Å². The Hall–Kier alpha value is -2.25. The van der Waals surface area contributed by atoms with E-state index < -0.39 is 0 Å². The number of halogens is 1. The molecule has 29 heavy (non-hydrogen) atoms. The Morgan fingerprint density at radius 2 is 1.90 bits per heavy atom. The topological polar surface area (TPSA) is 65.2 Å². The number of aromatic nitrogens is 1. The first-order valence-corrected chi connectivity index (χ1v) is 11.5. The van der Waals surface area contributed by atoms with Gasteiger partial charge in [0, 0.05) is 20.9 Å². The van der Waals surface area contributed by atoms with Crippen LogP contribution < -0.4 is 5.43 Å². The van der Waals surface area contributed by atoms with Crippen LogP contribution >= 0.6 is 27.7 Å². The summed E-state index contributed by atoms with van der Waals surface area (Å²) in [5.41, 5.74) is 6.11. The molecule has 1 saturated heterocycles. The van der Waals surface area contributed by atoms with Crippen molar-refractivity contribution in [3.8, 4) is 11.1 Å². The molecule has 1 aromatic heterocycles. The van der Waals surface area contributed by atoms with Gasteiger partial charge in [0.05, 0.1) is 5.75 Å². The average Bonchev–Trinajstić information content (AvgIpc) is 3.43. The Bertz CT molecular complexity index is 1110. The molecule has 3 aromatic rings. The lowest BCUT2D eigenvalue weighted by Gasteiger charge is -2.33. The monoisotopic (exact) mass is 469 g/mol. The van der Waals surface area contributed by atoms with E-state index in [2.05, 4.69) is 26.3 Å². The van der Waals surface area contributed by atoms with Gasteiger partial charge in [-0.3, -0.25) is 15.0 Å². The zero-order valence-corrected chi connectivity index (χ0v) is 18.1. The molecule has 1 aliphatic carbocycles. The summed E-state index contributed by atoms with van der Waals surface area (Å²) in [6.45, 7) is 0. The molecule has 2 aliphatic rings. The molecule has 1 aliphatic heterocycles. The summed E-state index contributed by atoms with van der Waals surface area (Å²) >= 11 is 5.19. The van der Waals surface area contributed by atoms with E-state index in [1.165, 1.54) is 0 Å². The summed E-state index contributed by atoms with van der Waals surface area (Å²) in [7, 11) is 0. The first-order chi connectivity index (χ1) is 14.1. The van der Waals surface area contributed by atoms with Crippen LogP contribution in [0, 0.1) is 0 Å². The van der Waals surface area contributed by atoms with Gasteiger partial charge in [-0.2, -0.15) is 0 Å². The van der Waals surface area contributed by atoms with Crippen LogP contribution in [0.25, 0.3) is 22.0 Å². The Kier molecular flexibility index (Phi) is 4.67. The van der Waals surface area contributed by atoms with E-state index in [0.717, 1.165) is 52.2 Å². The zero-order chi connectivity index (χ0) is 20.0. The van der Waals surface area contributed by atoms with Gasteiger partial charge in [0.2, 0.25) is 0 Å². The lowest BCUT2D eigenvalue weighted by molar-refractivity contribution is -0.132. The van der Waals surface area contributed by atoms with Crippen LogP contribution in [-0.2, 0) is 4.79 Å². The molecule has 2 heterocycles. The van der Waals surface area contributed by atoms with Crippen molar-refractivity contribution in [2.24, 2.45) is 0 Å². The summed E-state index contributed by atoms with van der Waals surface area (Å²) in [6, 6.07) is 15.8. The molecule has 7 heteroatoms. The Morgan fingerprint density at radius 3 is 2.66 bits per heavy atom. The lowest BCUT2D eigenvalue weighted by atomic mass is 10.0. The molecular formula is C22H20BrN3O2S. The Morgan fingerprint density at radius 1 is 1.14 bits per heavy atom. The van der Waals surface area contributed by atoms with Crippen LogP contribution in [0.4, 0.5) is 0 Å². The summed E-state index contributed by atoms with van der Waals surface area (Å²) in [5.74, 6) is 0.120. The third kappa shape index (κ3) is 3.16.